The number of rotatable bonds is 0. The van der Waals surface area contributed by atoms with Crippen molar-refractivity contribution in [3.05, 3.63) is 17.8 Å². The molecule has 1 aromatic rings. The summed E-state index contributed by atoms with van der Waals surface area (Å²) >= 11 is 0. The highest BCUT2D eigenvalue weighted by Crippen LogP contribution is 2.29. The van der Waals surface area contributed by atoms with Gasteiger partial charge in [-0.3, -0.25) is 0 Å². The van der Waals surface area contributed by atoms with Gasteiger partial charge in [-0.2, -0.15) is 0 Å². The minimum Gasteiger partial charge on any atom is -0.488 e. The third-order valence-electron chi connectivity index (χ3n) is 2.28. The molecule has 0 spiro atoms. The molecule has 1 N–H and O–H groups in total. The lowest BCUT2D eigenvalue weighted by atomic mass is 9.91. The predicted molar refractivity (Wildman–Crippen MR) is 56.9 cm³/mol. The largest absolute Gasteiger partial charge is 0.488 e. The van der Waals surface area contributed by atoms with E-state index < -0.39 is 0 Å². The molecule has 1 aliphatic heterocycles. The summed E-state index contributed by atoms with van der Waals surface area (Å²) in [6.45, 7) is 8.04. The Morgan fingerprint density at radius 1 is 1.36 bits per heavy atom. The Hall–Kier alpha value is -1.25. The molecule has 1 aliphatic rings. The molecule has 0 fully saturated rings. The Labute approximate surface area is 84.5 Å². The molecule has 3 nitrogen and oxygen atoms in total. The number of ether oxygens (including phenoxy) is 1. The highest BCUT2D eigenvalue weighted by Gasteiger charge is 2.18. The first-order chi connectivity index (χ1) is 6.57. The summed E-state index contributed by atoms with van der Waals surface area (Å²) in [4.78, 5) is 4.55. The van der Waals surface area contributed by atoms with E-state index in [0.29, 0.717) is 0 Å². The SMILES string of the molecule is CC(C)(C)c1ccc2c(n1)NCCO2. The van der Waals surface area contributed by atoms with Crippen LogP contribution in [0.2, 0.25) is 0 Å². The average molecular weight is 192 g/mol. The molecule has 0 saturated carbocycles. The number of anilines is 1. The molecule has 0 aliphatic carbocycles. The second-order valence-corrected chi connectivity index (χ2v) is 4.57. The van der Waals surface area contributed by atoms with E-state index in [-0.39, 0.29) is 5.41 Å². The van der Waals surface area contributed by atoms with E-state index in [4.69, 9.17) is 4.74 Å². The smallest absolute Gasteiger partial charge is 0.169 e. The van der Waals surface area contributed by atoms with Crippen molar-refractivity contribution in [1.29, 1.82) is 0 Å². The molecule has 1 aromatic heterocycles. The number of hydrogen-bond donors (Lipinski definition) is 1. The molecule has 0 amide bonds. The fraction of sp³-hybridized carbons (Fsp3) is 0.545. The van der Waals surface area contributed by atoms with Crippen molar-refractivity contribution in [1.82, 2.24) is 4.98 Å². The minimum absolute atomic E-state index is 0.0914. The maximum absolute atomic E-state index is 5.47. The van der Waals surface area contributed by atoms with Crippen molar-refractivity contribution in [3.63, 3.8) is 0 Å². The first-order valence-electron chi connectivity index (χ1n) is 4.95. The van der Waals surface area contributed by atoms with Crippen molar-refractivity contribution in [3.8, 4) is 5.75 Å². The van der Waals surface area contributed by atoms with Gasteiger partial charge in [-0.1, -0.05) is 20.8 Å². The second-order valence-electron chi connectivity index (χ2n) is 4.57. The maximum atomic E-state index is 5.47. The van der Waals surface area contributed by atoms with E-state index in [1.165, 1.54) is 0 Å². The van der Waals surface area contributed by atoms with E-state index in [2.05, 4.69) is 31.1 Å². The van der Waals surface area contributed by atoms with E-state index in [9.17, 15) is 0 Å². The number of nitrogens with zero attached hydrogens (tertiary/aromatic N) is 1. The van der Waals surface area contributed by atoms with Gasteiger partial charge in [0.05, 0.1) is 6.54 Å². The van der Waals surface area contributed by atoms with E-state index >= 15 is 0 Å². The monoisotopic (exact) mass is 192 g/mol. The van der Waals surface area contributed by atoms with Crippen LogP contribution in [-0.2, 0) is 5.41 Å². The highest BCUT2D eigenvalue weighted by molar-refractivity contribution is 5.52. The van der Waals surface area contributed by atoms with Gasteiger partial charge in [0.15, 0.2) is 11.6 Å². The van der Waals surface area contributed by atoms with E-state index in [0.717, 1.165) is 30.4 Å². The number of pyridine rings is 1. The summed E-state index contributed by atoms with van der Waals surface area (Å²) < 4.78 is 5.47. The summed E-state index contributed by atoms with van der Waals surface area (Å²) in [5.74, 6) is 1.74. The van der Waals surface area contributed by atoms with Gasteiger partial charge < -0.3 is 10.1 Å². The van der Waals surface area contributed by atoms with Crippen molar-refractivity contribution < 1.29 is 4.74 Å². The van der Waals surface area contributed by atoms with Crippen LogP contribution in [0.15, 0.2) is 12.1 Å². The topological polar surface area (TPSA) is 34.2 Å². The molecule has 0 saturated heterocycles. The van der Waals surface area contributed by atoms with E-state index in [1.54, 1.807) is 0 Å². The Morgan fingerprint density at radius 2 is 2.14 bits per heavy atom. The van der Waals surface area contributed by atoms with Gasteiger partial charge in [-0.05, 0) is 12.1 Å². The minimum atomic E-state index is 0.0914. The van der Waals surface area contributed by atoms with E-state index in [1.807, 2.05) is 12.1 Å². The summed E-state index contributed by atoms with van der Waals surface area (Å²) in [7, 11) is 0. The standard InChI is InChI=1S/C11H16N2O/c1-11(2,3)9-5-4-8-10(13-9)12-6-7-14-8/h4-5H,6-7H2,1-3H3,(H,12,13). The van der Waals surface area contributed by atoms with Crippen molar-refractivity contribution >= 4 is 5.82 Å². The molecular weight excluding hydrogens is 176 g/mol. The summed E-state index contributed by atoms with van der Waals surface area (Å²) in [6, 6.07) is 4.03. The number of nitrogens with one attached hydrogen (secondary N) is 1. The fourth-order valence-corrected chi connectivity index (χ4v) is 1.44. The Kier molecular flexibility index (Phi) is 2.10. The third-order valence-corrected chi connectivity index (χ3v) is 2.28. The van der Waals surface area contributed by atoms with Gasteiger partial charge >= 0.3 is 0 Å². The van der Waals surface area contributed by atoms with Crippen molar-refractivity contribution in [2.75, 3.05) is 18.5 Å². The van der Waals surface area contributed by atoms with Crippen LogP contribution in [0.5, 0.6) is 5.75 Å². The molecule has 3 heteroatoms. The molecule has 0 radical (unpaired) electrons. The fourth-order valence-electron chi connectivity index (χ4n) is 1.44. The van der Waals surface area contributed by atoms with Gasteiger partial charge in [0.25, 0.3) is 0 Å². The molecule has 0 unspecified atom stereocenters. The van der Waals surface area contributed by atoms with Gasteiger partial charge in [-0.15, -0.1) is 0 Å². The first kappa shape index (κ1) is 9.31. The molecule has 2 rings (SSSR count). The van der Waals surface area contributed by atoms with Crippen molar-refractivity contribution in [2.24, 2.45) is 0 Å². The van der Waals surface area contributed by atoms with Gasteiger partial charge in [0.1, 0.15) is 6.61 Å². The lowest BCUT2D eigenvalue weighted by Crippen LogP contribution is -2.21. The normalized spacial score (nSPS) is 15.4. The number of fused-ring (bicyclic) bond motifs is 1. The van der Waals surface area contributed by atoms with Crippen LogP contribution in [0, 0.1) is 0 Å². The van der Waals surface area contributed by atoms with Crippen LogP contribution in [-0.4, -0.2) is 18.1 Å². The third kappa shape index (κ3) is 1.67. The maximum Gasteiger partial charge on any atom is 0.169 e. The lowest BCUT2D eigenvalue weighted by Gasteiger charge is -2.23. The van der Waals surface area contributed by atoms with Gasteiger partial charge in [0, 0.05) is 11.1 Å². The summed E-state index contributed by atoms with van der Waals surface area (Å²) in [6.07, 6.45) is 0. The zero-order chi connectivity index (χ0) is 10.2. The van der Waals surface area contributed by atoms with Crippen LogP contribution in [0.25, 0.3) is 0 Å². The molecular formula is C11H16N2O. The lowest BCUT2D eigenvalue weighted by molar-refractivity contribution is 0.320. The quantitative estimate of drug-likeness (QED) is 0.684. The van der Waals surface area contributed by atoms with Crippen molar-refractivity contribution in [2.45, 2.75) is 26.2 Å². The van der Waals surface area contributed by atoms with Gasteiger partial charge in [0.2, 0.25) is 0 Å². The van der Waals surface area contributed by atoms with Crippen LogP contribution in [0.3, 0.4) is 0 Å². The Balaban J connectivity index is 2.39. The molecule has 0 atom stereocenters. The Morgan fingerprint density at radius 3 is 2.86 bits per heavy atom. The average Bonchev–Trinajstić information content (AvgIpc) is 2.16. The molecule has 0 aromatic carbocycles. The van der Waals surface area contributed by atoms with Crippen LogP contribution in [0.1, 0.15) is 26.5 Å². The van der Waals surface area contributed by atoms with Gasteiger partial charge in [-0.25, -0.2) is 4.98 Å². The summed E-state index contributed by atoms with van der Waals surface area (Å²) in [5, 5.41) is 3.24. The molecule has 14 heavy (non-hydrogen) atoms. The molecule has 0 bridgehead atoms. The Bertz CT molecular complexity index is 342. The van der Waals surface area contributed by atoms with Crippen LogP contribution >= 0.6 is 0 Å². The first-order valence-corrected chi connectivity index (χ1v) is 4.95. The zero-order valence-electron chi connectivity index (χ0n) is 8.92. The number of aromatic nitrogens is 1. The predicted octanol–water partition coefficient (Wildman–Crippen LogP) is 2.18. The number of hydrogen-bond acceptors (Lipinski definition) is 3. The summed E-state index contributed by atoms with van der Waals surface area (Å²) in [5.41, 5.74) is 1.18. The second kappa shape index (κ2) is 3.15. The zero-order valence-corrected chi connectivity index (χ0v) is 8.92. The highest BCUT2D eigenvalue weighted by atomic mass is 16.5. The van der Waals surface area contributed by atoms with Crippen LogP contribution in [0.4, 0.5) is 5.82 Å². The molecule has 76 valence electrons. The molecule has 2 heterocycles. The van der Waals surface area contributed by atoms with Crippen LogP contribution < -0.4 is 10.1 Å².